The third-order valence-electron chi connectivity index (χ3n) is 5.36. The number of fused-ring (bicyclic) bond motifs is 1. The van der Waals surface area contributed by atoms with Gasteiger partial charge in [0.2, 0.25) is 0 Å². The van der Waals surface area contributed by atoms with Crippen LogP contribution in [0.1, 0.15) is 38.4 Å². The lowest BCUT2D eigenvalue weighted by atomic mass is 10.1. The molecule has 1 fully saturated rings. The molecule has 1 aliphatic heterocycles. The van der Waals surface area contributed by atoms with Gasteiger partial charge < -0.3 is 19.4 Å². The van der Waals surface area contributed by atoms with Crippen molar-refractivity contribution >= 4 is 33.7 Å². The highest BCUT2D eigenvalue weighted by Gasteiger charge is 2.28. The van der Waals surface area contributed by atoms with Gasteiger partial charge in [-0.3, -0.25) is 9.78 Å². The first-order chi connectivity index (χ1) is 15.4. The van der Waals surface area contributed by atoms with Gasteiger partial charge in [0.05, 0.1) is 18.8 Å². The number of nitrogens with zero attached hydrogens (tertiary/aromatic N) is 5. The Hall–Kier alpha value is -3.30. The number of rotatable bonds is 4. The number of nitrogens with one attached hydrogen (secondary N) is 1. The second-order valence-corrected chi connectivity index (χ2v) is 9.26. The van der Waals surface area contributed by atoms with Crippen LogP contribution in [0.5, 0.6) is 0 Å². The summed E-state index contributed by atoms with van der Waals surface area (Å²) in [7, 11) is 0. The topological polar surface area (TPSA) is 84.7 Å². The molecule has 1 saturated heterocycles. The van der Waals surface area contributed by atoms with E-state index in [2.05, 4.69) is 20.3 Å². The molecule has 0 bridgehead atoms. The number of carbonyl (C=O) groups excluding carboxylic acids is 1. The smallest absolute Gasteiger partial charge is 0.274 e. The molecule has 5 heterocycles. The number of amides is 1. The summed E-state index contributed by atoms with van der Waals surface area (Å²) in [4.78, 5) is 29.7. The third-order valence-corrected chi connectivity index (χ3v) is 6.19. The van der Waals surface area contributed by atoms with Crippen molar-refractivity contribution in [2.45, 2.75) is 26.9 Å². The molecular formula is C23H24N6O2S. The van der Waals surface area contributed by atoms with Gasteiger partial charge in [-0.05, 0) is 50.6 Å². The van der Waals surface area contributed by atoms with Crippen LogP contribution in [-0.4, -0.2) is 49.9 Å². The zero-order valence-corrected chi connectivity index (χ0v) is 19.0. The highest BCUT2D eigenvalue weighted by molar-refractivity contribution is 7.15. The van der Waals surface area contributed by atoms with E-state index in [1.807, 2.05) is 61.8 Å². The summed E-state index contributed by atoms with van der Waals surface area (Å²) in [5.74, 6) is -0.0936. The molecule has 5 rings (SSSR count). The summed E-state index contributed by atoms with van der Waals surface area (Å²) in [6, 6.07) is 7.91. The minimum atomic E-state index is -0.301. The number of anilines is 2. The summed E-state index contributed by atoms with van der Waals surface area (Å²) in [5, 5.41) is 4.18. The molecule has 0 aromatic carbocycles. The zero-order chi connectivity index (χ0) is 22.2. The Kier molecular flexibility index (Phi) is 5.36. The maximum atomic E-state index is 13.2. The summed E-state index contributed by atoms with van der Waals surface area (Å²) in [6.07, 6.45) is 5.25. The molecule has 0 aliphatic carbocycles. The number of pyridine rings is 2. The molecule has 4 aromatic heterocycles. The van der Waals surface area contributed by atoms with E-state index < -0.39 is 0 Å². The molecular weight excluding hydrogens is 424 g/mol. The maximum absolute atomic E-state index is 13.2. The van der Waals surface area contributed by atoms with E-state index in [-0.39, 0.29) is 12.0 Å². The number of carbonyl (C=O) groups is 1. The van der Waals surface area contributed by atoms with E-state index in [1.165, 1.54) is 0 Å². The molecule has 1 amide bonds. The van der Waals surface area contributed by atoms with Crippen molar-refractivity contribution in [2.24, 2.45) is 0 Å². The second kappa shape index (κ2) is 8.33. The van der Waals surface area contributed by atoms with Gasteiger partial charge in [-0.2, -0.15) is 0 Å². The van der Waals surface area contributed by atoms with E-state index in [0.29, 0.717) is 25.4 Å². The van der Waals surface area contributed by atoms with E-state index in [9.17, 15) is 4.79 Å². The van der Waals surface area contributed by atoms with Crippen molar-refractivity contribution in [3.63, 3.8) is 0 Å². The maximum Gasteiger partial charge on any atom is 0.274 e. The monoisotopic (exact) mass is 448 g/mol. The molecule has 1 N–H and O–H groups in total. The Morgan fingerprint density at radius 1 is 1.22 bits per heavy atom. The SMILES string of the molecule is Cc1ccn2cc(C(=O)N3CCO[C@H](c4cc(Nc5ncc(C)s5)cc(C)n4)C3)nc2c1. The fourth-order valence-corrected chi connectivity index (χ4v) is 4.51. The Balaban J connectivity index is 1.35. The van der Waals surface area contributed by atoms with Gasteiger partial charge >= 0.3 is 0 Å². The highest BCUT2D eigenvalue weighted by atomic mass is 32.1. The lowest BCUT2D eigenvalue weighted by molar-refractivity contribution is -0.0249. The normalized spacial score (nSPS) is 16.5. The molecule has 1 aliphatic rings. The average Bonchev–Trinajstić information content (AvgIpc) is 3.38. The molecule has 4 aromatic rings. The molecule has 1 atom stereocenters. The molecule has 0 saturated carbocycles. The quantitative estimate of drug-likeness (QED) is 0.507. The van der Waals surface area contributed by atoms with Crippen molar-refractivity contribution in [2.75, 3.05) is 25.0 Å². The lowest BCUT2D eigenvalue weighted by Crippen LogP contribution is -2.42. The second-order valence-electron chi connectivity index (χ2n) is 8.03. The number of hydrogen-bond acceptors (Lipinski definition) is 7. The summed E-state index contributed by atoms with van der Waals surface area (Å²) >= 11 is 1.60. The van der Waals surface area contributed by atoms with Crippen molar-refractivity contribution in [1.29, 1.82) is 0 Å². The minimum absolute atomic E-state index is 0.0936. The van der Waals surface area contributed by atoms with Crippen LogP contribution in [0.15, 0.2) is 42.9 Å². The van der Waals surface area contributed by atoms with Gasteiger partial charge in [0, 0.05) is 41.4 Å². The zero-order valence-electron chi connectivity index (χ0n) is 18.2. The van der Waals surface area contributed by atoms with Gasteiger partial charge in [-0.1, -0.05) is 0 Å². The Morgan fingerprint density at radius 3 is 2.91 bits per heavy atom. The Labute approximate surface area is 189 Å². The number of hydrogen-bond donors (Lipinski definition) is 1. The van der Waals surface area contributed by atoms with Crippen LogP contribution in [0.25, 0.3) is 5.65 Å². The van der Waals surface area contributed by atoms with Crippen molar-refractivity contribution in [3.05, 3.63) is 70.4 Å². The molecule has 8 nitrogen and oxygen atoms in total. The molecule has 32 heavy (non-hydrogen) atoms. The van der Waals surface area contributed by atoms with Crippen LogP contribution >= 0.6 is 11.3 Å². The van der Waals surface area contributed by atoms with Gasteiger partial charge in [0.1, 0.15) is 17.4 Å². The molecule has 164 valence electrons. The fraction of sp³-hybridized carbons (Fsp3) is 0.304. The first kappa shape index (κ1) is 20.6. The summed E-state index contributed by atoms with van der Waals surface area (Å²) in [6.45, 7) is 7.39. The average molecular weight is 449 g/mol. The number of thiazole rings is 1. The number of morpholine rings is 1. The molecule has 9 heteroatoms. The van der Waals surface area contributed by atoms with Crippen LogP contribution in [0.2, 0.25) is 0 Å². The summed E-state index contributed by atoms with van der Waals surface area (Å²) < 4.78 is 7.87. The van der Waals surface area contributed by atoms with E-state index in [1.54, 1.807) is 22.4 Å². The van der Waals surface area contributed by atoms with E-state index >= 15 is 0 Å². The van der Waals surface area contributed by atoms with Crippen LogP contribution in [0.4, 0.5) is 10.8 Å². The highest BCUT2D eigenvalue weighted by Crippen LogP contribution is 2.27. The molecule has 0 spiro atoms. The Morgan fingerprint density at radius 2 is 2.09 bits per heavy atom. The van der Waals surface area contributed by atoms with E-state index in [0.717, 1.165) is 38.3 Å². The lowest BCUT2D eigenvalue weighted by Gasteiger charge is -2.32. The van der Waals surface area contributed by atoms with Crippen LogP contribution < -0.4 is 5.32 Å². The van der Waals surface area contributed by atoms with E-state index in [4.69, 9.17) is 4.74 Å². The summed E-state index contributed by atoms with van der Waals surface area (Å²) in [5.41, 5.74) is 4.90. The first-order valence-electron chi connectivity index (χ1n) is 10.5. The van der Waals surface area contributed by atoms with Crippen LogP contribution in [0.3, 0.4) is 0 Å². The van der Waals surface area contributed by atoms with Crippen LogP contribution in [-0.2, 0) is 4.74 Å². The standard InChI is InChI=1S/C23H24N6O2S/c1-14-4-5-28-12-19(27-21(28)8-14)22(30)29-6-7-31-20(13-29)18-10-17(9-15(2)25-18)26-23-24-11-16(3)32-23/h4-5,8-12,20H,6-7,13H2,1-3H3,(H,24,25,26)/t20-/m0/s1. The van der Waals surface area contributed by atoms with Crippen molar-refractivity contribution < 1.29 is 9.53 Å². The fourth-order valence-electron chi connectivity index (χ4n) is 3.83. The largest absolute Gasteiger partial charge is 0.368 e. The van der Waals surface area contributed by atoms with Gasteiger partial charge in [0.25, 0.3) is 5.91 Å². The first-order valence-corrected chi connectivity index (χ1v) is 11.3. The number of ether oxygens (including phenoxy) is 1. The van der Waals surface area contributed by atoms with Crippen molar-refractivity contribution in [3.8, 4) is 0 Å². The predicted octanol–water partition coefficient (Wildman–Crippen LogP) is 4.07. The molecule has 0 unspecified atom stereocenters. The number of aromatic nitrogens is 4. The van der Waals surface area contributed by atoms with Gasteiger partial charge in [-0.25, -0.2) is 9.97 Å². The predicted molar refractivity (Wildman–Crippen MR) is 124 cm³/mol. The third kappa shape index (κ3) is 4.21. The number of aryl methyl sites for hydroxylation is 3. The van der Waals surface area contributed by atoms with Gasteiger partial charge in [0.15, 0.2) is 5.13 Å². The number of imidazole rings is 1. The van der Waals surface area contributed by atoms with Gasteiger partial charge in [-0.15, -0.1) is 11.3 Å². The Bertz CT molecular complexity index is 1300. The van der Waals surface area contributed by atoms with Crippen molar-refractivity contribution in [1.82, 2.24) is 24.3 Å². The van der Waals surface area contributed by atoms with Crippen LogP contribution in [0, 0.1) is 20.8 Å². The molecule has 0 radical (unpaired) electrons. The minimum Gasteiger partial charge on any atom is -0.368 e.